The lowest BCUT2D eigenvalue weighted by atomic mass is 9.86. The van der Waals surface area contributed by atoms with Crippen molar-refractivity contribution in [2.24, 2.45) is 0 Å². The van der Waals surface area contributed by atoms with E-state index < -0.39 is 13.3 Å². The molecule has 0 bridgehead atoms. The number of benzene rings is 1. The van der Waals surface area contributed by atoms with Crippen LogP contribution in [0, 0.1) is 13.8 Å². The van der Waals surface area contributed by atoms with Gasteiger partial charge in [0, 0.05) is 5.56 Å². The molecule has 1 aromatic rings. The van der Waals surface area contributed by atoms with E-state index in [-0.39, 0.29) is 19.0 Å². The fourth-order valence-corrected chi connectivity index (χ4v) is 5.05. The van der Waals surface area contributed by atoms with Gasteiger partial charge in [-0.15, -0.1) is 0 Å². The minimum Gasteiger partial charge on any atom is -0.308 e. The lowest BCUT2D eigenvalue weighted by Gasteiger charge is -2.30. The predicted molar refractivity (Wildman–Crippen MR) is 83.2 cm³/mol. The molecule has 0 fully saturated rings. The Morgan fingerprint density at radius 1 is 1.19 bits per heavy atom. The summed E-state index contributed by atoms with van der Waals surface area (Å²) >= 11 is 0. The van der Waals surface area contributed by atoms with Gasteiger partial charge in [-0.25, -0.2) is 0 Å². The zero-order chi connectivity index (χ0) is 15.6. The van der Waals surface area contributed by atoms with E-state index in [4.69, 9.17) is 9.05 Å². The normalized spacial score (nSPS) is 18.7. The molecule has 0 saturated heterocycles. The molecule has 0 amide bonds. The van der Waals surface area contributed by atoms with Gasteiger partial charge in [0.1, 0.15) is 5.66 Å². The van der Waals surface area contributed by atoms with Crippen molar-refractivity contribution in [3.63, 3.8) is 0 Å². The lowest BCUT2D eigenvalue weighted by Crippen LogP contribution is -2.30. The molecular weight excluding hydrogens is 287 g/mol. The van der Waals surface area contributed by atoms with Crippen LogP contribution in [0.2, 0.25) is 0 Å². The van der Waals surface area contributed by atoms with Crippen molar-refractivity contribution in [2.45, 2.75) is 46.2 Å². The number of hydrogen-bond donors (Lipinski definition) is 0. The summed E-state index contributed by atoms with van der Waals surface area (Å²) in [5.41, 5.74) is 3.25. The van der Waals surface area contributed by atoms with Crippen LogP contribution in [-0.2, 0) is 20.0 Å². The maximum Gasteiger partial charge on any atom is 0.341 e. The number of rotatable bonds is 5. The number of carbonyl (C=O) groups excluding carboxylic acids is 1. The Hall–Kier alpha value is -0.960. The quantitative estimate of drug-likeness (QED) is 0.769. The van der Waals surface area contributed by atoms with Gasteiger partial charge in [-0.2, -0.15) is 0 Å². The van der Waals surface area contributed by atoms with E-state index in [1.807, 2.05) is 19.9 Å². The maximum absolute atomic E-state index is 12.9. The maximum atomic E-state index is 12.9. The highest BCUT2D eigenvalue weighted by Gasteiger charge is 2.43. The highest BCUT2D eigenvalue weighted by molar-refractivity contribution is 7.55. The molecule has 1 aromatic carbocycles. The van der Waals surface area contributed by atoms with Crippen LogP contribution in [0.25, 0.3) is 0 Å². The summed E-state index contributed by atoms with van der Waals surface area (Å²) in [6.45, 7) is 8.07. The molecule has 2 rings (SSSR count). The summed E-state index contributed by atoms with van der Waals surface area (Å²) < 4.78 is 23.6. The van der Waals surface area contributed by atoms with Crippen LogP contribution >= 0.6 is 7.60 Å². The van der Waals surface area contributed by atoms with Crippen LogP contribution in [0.3, 0.4) is 0 Å². The van der Waals surface area contributed by atoms with Crippen molar-refractivity contribution in [1.29, 1.82) is 0 Å². The second-order valence-corrected chi connectivity index (χ2v) is 7.62. The van der Waals surface area contributed by atoms with E-state index in [0.29, 0.717) is 12.0 Å². The van der Waals surface area contributed by atoms with Crippen LogP contribution in [0.5, 0.6) is 0 Å². The van der Waals surface area contributed by atoms with Crippen LogP contribution in [-0.4, -0.2) is 24.7 Å². The van der Waals surface area contributed by atoms with Crippen molar-refractivity contribution in [1.82, 2.24) is 0 Å². The molecule has 1 aliphatic rings. The van der Waals surface area contributed by atoms with E-state index in [2.05, 4.69) is 6.07 Å². The Bertz CT molecular complexity index is 584. The molecule has 0 aliphatic heterocycles. The molecule has 116 valence electrons. The first-order valence-electron chi connectivity index (χ1n) is 7.46. The third-order valence-electron chi connectivity index (χ3n) is 3.85. The highest BCUT2D eigenvalue weighted by atomic mass is 31.2. The van der Waals surface area contributed by atoms with Crippen LogP contribution in [0.15, 0.2) is 12.1 Å². The smallest absolute Gasteiger partial charge is 0.308 e. The van der Waals surface area contributed by atoms with E-state index in [1.165, 1.54) is 0 Å². The summed E-state index contributed by atoms with van der Waals surface area (Å²) in [4.78, 5) is 12.8. The van der Waals surface area contributed by atoms with E-state index in [0.717, 1.165) is 23.1 Å². The SMILES string of the molecule is CCOP(=O)(OCC)C1CCc2c(C)cc(C)cc2C1=O. The van der Waals surface area contributed by atoms with Gasteiger partial charge < -0.3 is 9.05 Å². The van der Waals surface area contributed by atoms with Crippen molar-refractivity contribution < 1.29 is 18.4 Å². The molecule has 1 atom stereocenters. The van der Waals surface area contributed by atoms with Gasteiger partial charge >= 0.3 is 7.60 Å². The van der Waals surface area contributed by atoms with Crippen LogP contribution < -0.4 is 0 Å². The van der Waals surface area contributed by atoms with Gasteiger partial charge in [0.05, 0.1) is 13.2 Å². The second-order valence-electron chi connectivity index (χ2n) is 5.40. The third kappa shape index (κ3) is 3.13. The number of carbonyl (C=O) groups is 1. The first kappa shape index (κ1) is 16.4. The van der Waals surface area contributed by atoms with E-state index in [1.54, 1.807) is 13.8 Å². The highest BCUT2D eigenvalue weighted by Crippen LogP contribution is 2.56. The summed E-state index contributed by atoms with van der Waals surface area (Å²) in [5.74, 6) is -0.103. The van der Waals surface area contributed by atoms with Gasteiger partial charge in [0.15, 0.2) is 5.78 Å². The Kier molecular flexibility index (Phi) is 5.03. The van der Waals surface area contributed by atoms with Gasteiger partial charge in [0.25, 0.3) is 0 Å². The largest absolute Gasteiger partial charge is 0.341 e. The molecule has 5 heteroatoms. The molecule has 1 unspecified atom stereocenters. The molecule has 1 aliphatic carbocycles. The van der Waals surface area contributed by atoms with Crippen LogP contribution in [0.1, 0.15) is 47.3 Å². The molecule has 0 spiro atoms. The zero-order valence-corrected chi connectivity index (χ0v) is 14.0. The topological polar surface area (TPSA) is 52.6 Å². The summed E-state index contributed by atoms with van der Waals surface area (Å²) in [7, 11) is -3.39. The lowest BCUT2D eigenvalue weighted by molar-refractivity contribution is 0.0954. The summed E-state index contributed by atoms with van der Waals surface area (Å²) in [6, 6.07) is 3.97. The minimum atomic E-state index is -3.39. The molecule has 0 radical (unpaired) electrons. The monoisotopic (exact) mass is 310 g/mol. The van der Waals surface area contributed by atoms with Crippen molar-refractivity contribution in [3.8, 4) is 0 Å². The molecule has 0 saturated carbocycles. The Morgan fingerprint density at radius 3 is 2.38 bits per heavy atom. The second kappa shape index (κ2) is 6.43. The standard InChI is InChI=1S/C16H23O4P/c1-5-19-21(18,20-6-2)15-8-7-13-12(4)9-11(3)10-14(13)16(15)17/h9-10,15H,5-8H2,1-4H3. The Labute approximate surface area is 126 Å². The average Bonchev–Trinajstić information content (AvgIpc) is 2.40. The Morgan fingerprint density at radius 2 is 1.81 bits per heavy atom. The number of hydrogen-bond acceptors (Lipinski definition) is 4. The fraction of sp³-hybridized carbons (Fsp3) is 0.562. The average molecular weight is 310 g/mol. The van der Waals surface area contributed by atoms with Crippen molar-refractivity contribution in [3.05, 3.63) is 34.4 Å². The molecule has 0 N–H and O–H groups in total. The van der Waals surface area contributed by atoms with Crippen molar-refractivity contribution in [2.75, 3.05) is 13.2 Å². The van der Waals surface area contributed by atoms with Crippen LogP contribution in [0.4, 0.5) is 0 Å². The molecule has 0 aromatic heterocycles. The fourth-order valence-electron chi connectivity index (χ4n) is 3.02. The van der Waals surface area contributed by atoms with E-state index >= 15 is 0 Å². The predicted octanol–water partition coefficient (Wildman–Crippen LogP) is 4.07. The van der Waals surface area contributed by atoms with Gasteiger partial charge in [-0.05, 0) is 57.7 Å². The van der Waals surface area contributed by atoms with Gasteiger partial charge in [-0.1, -0.05) is 11.6 Å². The third-order valence-corrected chi connectivity index (χ3v) is 6.35. The van der Waals surface area contributed by atoms with Crippen molar-refractivity contribution >= 4 is 13.4 Å². The Balaban J connectivity index is 2.42. The molecule has 4 nitrogen and oxygen atoms in total. The minimum absolute atomic E-state index is 0.103. The summed E-state index contributed by atoms with van der Waals surface area (Å²) in [5, 5.41) is 0. The van der Waals surface area contributed by atoms with E-state index in [9.17, 15) is 9.36 Å². The van der Waals surface area contributed by atoms with Gasteiger partial charge in [0.2, 0.25) is 0 Å². The number of ketones is 1. The molecule has 0 heterocycles. The zero-order valence-electron chi connectivity index (χ0n) is 13.1. The number of fused-ring (bicyclic) bond motifs is 1. The first-order chi connectivity index (χ1) is 9.92. The summed E-state index contributed by atoms with van der Waals surface area (Å²) in [6.07, 6.45) is 1.26. The molecular formula is C16H23O4P. The number of Topliss-reactive ketones (excluding diaryl/α,β-unsaturated/α-hetero) is 1. The number of aryl methyl sites for hydroxylation is 2. The first-order valence-corrected chi connectivity index (χ1v) is 9.07. The molecule has 21 heavy (non-hydrogen) atoms. The van der Waals surface area contributed by atoms with Gasteiger partial charge in [-0.3, -0.25) is 9.36 Å².